The number of fused-ring (bicyclic) bond motifs is 1. The van der Waals surface area contributed by atoms with Crippen LogP contribution in [0.15, 0.2) is 22.8 Å². The molecule has 2 aromatic heterocycles. The van der Waals surface area contributed by atoms with E-state index in [1.54, 1.807) is 6.26 Å². The van der Waals surface area contributed by atoms with Crippen molar-refractivity contribution in [2.24, 2.45) is 0 Å². The molecule has 3 rings (SSSR count). The van der Waals surface area contributed by atoms with Gasteiger partial charge in [0.1, 0.15) is 17.6 Å². The molecule has 6 heteroatoms. The van der Waals surface area contributed by atoms with Crippen molar-refractivity contribution in [3.63, 3.8) is 0 Å². The van der Waals surface area contributed by atoms with Gasteiger partial charge in [0, 0.05) is 25.1 Å². The molecular formula is C13H13N5O. The number of hydrogen-bond donors (Lipinski definition) is 2. The van der Waals surface area contributed by atoms with E-state index in [4.69, 9.17) is 9.68 Å². The normalized spacial score (nSPS) is 13.6. The van der Waals surface area contributed by atoms with E-state index in [1.807, 2.05) is 18.2 Å². The van der Waals surface area contributed by atoms with Crippen LogP contribution in [-0.4, -0.2) is 16.5 Å². The molecule has 0 aliphatic carbocycles. The fourth-order valence-electron chi connectivity index (χ4n) is 2.12. The predicted octanol–water partition coefficient (Wildman–Crippen LogP) is 1.20. The maximum absolute atomic E-state index is 8.98. The molecule has 0 spiro atoms. The highest BCUT2D eigenvalue weighted by molar-refractivity contribution is 5.49. The molecule has 0 atom stereocenters. The Balaban J connectivity index is 1.88. The maximum Gasteiger partial charge on any atom is 0.234 e. The molecule has 0 aromatic carbocycles. The molecule has 0 amide bonds. The van der Waals surface area contributed by atoms with Crippen molar-refractivity contribution < 1.29 is 4.42 Å². The van der Waals surface area contributed by atoms with Crippen molar-refractivity contribution in [2.75, 3.05) is 11.9 Å². The number of hydrogen-bond acceptors (Lipinski definition) is 6. The summed E-state index contributed by atoms with van der Waals surface area (Å²) in [7, 11) is 0. The van der Waals surface area contributed by atoms with Gasteiger partial charge in [-0.3, -0.25) is 0 Å². The first-order chi connectivity index (χ1) is 9.36. The van der Waals surface area contributed by atoms with Gasteiger partial charge in [0.25, 0.3) is 0 Å². The molecule has 0 saturated carbocycles. The van der Waals surface area contributed by atoms with Crippen LogP contribution < -0.4 is 10.6 Å². The zero-order chi connectivity index (χ0) is 13.1. The topological polar surface area (TPSA) is 86.8 Å². The minimum atomic E-state index is 0.211. The van der Waals surface area contributed by atoms with Gasteiger partial charge >= 0.3 is 0 Å². The average molecular weight is 255 g/mol. The maximum atomic E-state index is 8.98. The lowest BCUT2D eigenvalue weighted by Gasteiger charge is -2.19. The van der Waals surface area contributed by atoms with Crippen molar-refractivity contribution in [3.8, 4) is 6.07 Å². The molecule has 0 fully saturated rings. The largest absolute Gasteiger partial charge is 0.467 e. The molecule has 1 aliphatic rings. The van der Waals surface area contributed by atoms with Crippen LogP contribution in [-0.2, 0) is 19.5 Å². The summed E-state index contributed by atoms with van der Waals surface area (Å²) >= 11 is 0. The van der Waals surface area contributed by atoms with E-state index in [2.05, 4.69) is 20.6 Å². The number of anilines is 1. The Bertz CT molecular complexity index is 615. The number of furan rings is 1. The van der Waals surface area contributed by atoms with Crippen LogP contribution in [0.5, 0.6) is 0 Å². The van der Waals surface area contributed by atoms with Gasteiger partial charge in [-0.1, -0.05) is 0 Å². The van der Waals surface area contributed by atoms with E-state index < -0.39 is 0 Å². The van der Waals surface area contributed by atoms with Crippen LogP contribution in [0.2, 0.25) is 0 Å². The molecule has 2 aromatic rings. The summed E-state index contributed by atoms with van der Waals surface area (Å²) in [6.45, 7) is 2.15. The summed E-state index contributed by atoms with van der Waals surface area (Å²) in [5.41, 5.74) is 1.99. The molecule has 2 N–H and O–H groups in total. The Morgan fingerprint density at radius 3 is 3.21 bits per heavy atom. The summed E-state index contributed by atoms with van der Waals surface area (Å²) in [6.07, 6.45) is 2.46. The second-order valence-corrected chi connectivity index (χ2v) is 4.29. The molecule has 0 bridgehead atoms. The van der Waals surface area contributed by atoms with Gasteiger partial charge in [0.2, 0.25) is 5.82 Å². The van der Waals surface area contributed by atoms with Crippen molar-refractivity contribution in [2.45, 2.75) is 19.5 Å². The molecule has 0 radical (unpaired) electrons. The van der Waals surface area contributed by atoms with E-state index in [0.29, 0.717) is 12.4 Å². The van der Waals surface area contributed by atoms with Crippen molar-refractivity contribution in [3.05, 3.63) is 41.2 Å². The van der Waals surface area contributed by atoms with Gasteiger partial charge in [-0.15, -0.1) is 0 Å². The summed E-state index contributed by atoms with van der Waals surface area (Å²) in [6, 6.07) is 5.74. The third kappa shape index (κ3) is 2.41. The summed E-state index contributed by atoms with van der Waals surface area (Å²) < 4.78 is 5.27. The van der Waals surface area contributed by atoms with Gasteiger partial charge in [-0.25, -0.2) is 9.97 Å². The lowest BCUT2D eigenvalue weighted by atomic mass is 10.1. The third-order valence-electron chi connectivity index (χ3n) is 3.04. The van der Waals surface area contributed by atoms with E-state index >= 15 is 0 Å². The quantitative estimate of drug-likeness (QED) is 0.857. The highest BCUT2D eigenvalue weighted by Gasteiger charge is 2.17. The first-order valence-electron chi connectivity index (χ1n) is 6.13. The summed E-state index contributed by atoms with van der Waals surface area (Å²) in [5.74, 6) is 1.75. The molecule has 3 heterocycles. The minimum Gasteiger partial charge on any atom is -0.467 e. The molecule has 1 aliphatic heterocycles. The van der Waals surface area contributed by atoms with Crippen LogP contribution in [0, 0.1) is 11.3 Å². The molecule has 6 nitrogen and oxygen atoms in total. The SMILES string of the molecule is N#Cc1nc2c(c(NCc3ccco3)n1)CNCC2. The highest BCUT2D eigenvalue weighted by Crippen LogP contribution is 2.20. The van der Waals surface area contributed by atoms with Crippen molar-refractivity contribution in [1.29, 1.82) is 5.26 Å². The highest BCUT2D eigenvalue weighted by atomic mass is 16.3. The first kappa shape index (κ1) is 11.7. The second kappa shape index (κ2) is 5.08. The second-order valence-electron chi connectivity index (χ2n) is 4.29. The van der Waals surface area contributed by atoms with Gasteiger partial charge < -0.3 is 15.1 Å². The van der Waals surface area contributed by atoms with Crippen molar-refractivity contribution in [1.82, 2.24) is 15.3 Å². The lowest BCUT2D eigenvalue weighted by Crippen LogP contribution is -2.26. The van der Waals surface area contributed by atoms with Crippen LogP contribution >= 0.6 is 0 Å². The molecule has 19 heavy (non-hydrogen) atoms. The van der Waals surface area contributed by atoms with Crippen LogP contribution in [0.3, 0.4) is 0 Å². The minimum absolute atomic E-state index is 0.211. The Morgan fingerprint density at radius 2 is 2.42 bits per heavy atom. The smallest absolute Gasteiger partial charge is 0.234 e. The van der Waals surface area contributed by atoms with E-state index in [9.17, 15) is 0 Å². The molecule has 0 saturated heterocycles. The standard InChI is InChI=1S/C13H13N5O/c14-6-12-17-11-3-4-15-8-10(11)13(18-12)16-7-9-2-1-5-19-9/h1-2,5,15H,3-4,7-8H2,(H,16,17,18). The summed E-state index contributed by atoms with van der Waals surface area (Å²) in [4.78, 5) is 8.50. The van der Waals surface area contributed by atoms with E-state index in [-0.39, 0.29) is 5.82 Å². The van der Waals surface area contributed by atoms with E-state index in [1.165, 1.54) is 0 Å². The number of nitriles is 1. The van der Waals surface area contributed by atoms with Gasteiger partial charge in [-0.2, -0.15) is 5.26 Å². The number of nitrogens with one attached hydrogen (secondary N) is 2. The third-order valence-corrected chi connectivity index (χ3v) is 3.04. The van der Waals surface area contributed by atoms with Gasteiger partial charge in [0.15, 0.2) is 0 Å². The number of rotatable bonds is 3. The first-order valence-corrected chi connectivity index (χ1v) is 6.13. The van der Waals surface area contributed by atoms with Crippen LogP contribution in [0.4, 0.5) is 5.82 Å². The molecule has 96 valence electrons. The van der Waals surface area contributed by atoms with E-state index in [0.717, 1.165) is 36.5 Å². The number of nitrogens with zero attached hydrogens (tertiary/aromatic N) is 3. The van der Waals surface area contributed by atoms with Gasteiger partial charge in [0.05, 0.1) is 18.5 Å². The average Bonchev–Trinajstić information content (AvgIpc) is 2.97. The number of aromatic nitrogens is 2. The Kier molecular flexibility index (Phi) is 3.12. The fourth-order valence-corrected chi connectivity index (χ4v) is 2.12. The van der Waals surface area contributed by atoms with Crippen LogP contribution in [0.1, 0.15) is 22.8 Å². The monoisotopic (exact) mass is 255 g/mol. The zero-order valence-electron chi connectivity index (χ0n) is 10.3. The van der Waals surface area contributed by atoms with Gasteiger partial charge in [-0.05, 0) is 12.1 Å². The molecular weight excluding hydrogens is 242 g/mol. The predicted molar refractivity (Wildman–Crippen MR) is 68.2 cm³/mol. The Morgan fingerprint density at radius 1 is 1.47 bits per heavy atom. The lowest BCUT2D eigenvalue weighted by molar-refractivity contribution is 0.517. The van der Waals surface area contributed by atoms with Crippen LogP contribution in [0.25, 0.3) is 0 Å². The fraction of sp³-hybridized carbons (Fsp3) is 0.308. The summed E-state index contributed by atoms with van der Waals surface area (Å²) in [5, 5.41) is 15.5. The Labute approximate surface area is 110 Å². The van der Waals surface area contributed by atoms with Crippen molar-refractivity contribution >= 4 is 5.82 Å². The molecule has 0 unspecified atom stereocenters. The Hall–Kier alpha value is -2.39. The zero-order valence-corrected chi connectivity index (χ0v) is 10.3.